The molecule has 1 heterocycles. The SMILES string of the molecule is COC(=O)C[C@H]1[C@H](CC2=C(C)[C@@H](c3ccc(O[Si](C)(C)C(C)(C)C)cc3)C[C@@H]2O)C[C@@H]2OC(=O)[C@]3(C)C=CC(=O)C1(C)[C@@H]23. The predicted octanol–water partition coefficient (Wildman–Crippen LogP) is 6.52. The fourth-order valence-electron chi connectivity index (χ4n) is 8.24. The molecular weight excluding hydrogens is 560 g/mol. The second-order valence-corrected chi connectivity index (χ2v) is 19.9. The Morgan fingerprint density at radius 2 is 1.77 bits per heavy atom. The number of aliphatic hydroxyl groups excluding tert-OH is 1. The monoisotopic (exact) mass is 608 g/mol. The molecule has 1 saturated heterocycles. The Balaban J connectivity index is 1.44. The first-order valence-electron chi connectivity index (χ1n) is 15.6. The minimum atomic E-state index is -1.96. The number of aliphatic hydroxyl groups is 1. The van der Waals surface area contributed by atoms with E-state index < -0.39 is 31.4 Å². The first kappa shape index (κ1) is 31.7. The molecule has 1 aromatic carbocycles. The molecule has 0 amide bonds. The van der Waals surface area contributed by atoms with Crippen LogP contribution in [0.2, 0.25) is 18.1 Å². The van der Waals surface area contributed by atoms with E-state index in [9.17, 15) is 19.5 Å². The standard InChI is InChI=1S/C35H48O7Si/c1-20-24(21-10-12-23(13-11-21)42-43(8,9)33(2,3)4)18-27(36)25(20)16-22-17-28-31-34(5,32(39)41-28)15-14-29(37)35(31,6)26(22)19-30(38)40-7/h10-15,22,24,26-28,31,36H,16-19H2,1-9H3/t22-,24+,26+,27+,28+,31+,34-,35?/m1/s1. The van der Waals surface area contributed by atoms with Crippen molar-refractivity contribution in [1.29, 1.82) is 0 Å². The molecule has 5 rings (SSSR count). The molecule has 1 saturated carbocycles. The van der Waals surface area contributed by atoms with Gasteiger partial charge in [0.1, 0.15) is 11.9 Å². The van der Waals surface area contributed by atoms with E-state index in [2.05, 4.69) is 52.9 Å². The first-order chi connectivity index (χ1) is 19.9. The number of methoxy groups -OCH3 is 1. The Hall–Kier alpha value is -2.71. The largest absolute Gasteiger partial charge is 0.544 e. The molecule has 8 atom stereocenters. The molecule has 8 heteroatoms. The number of rotatable bonds is 7. The number of hydrogen-bond acceptors (Lipinski definition) is 7. The van der Waals surface area contributed by atoms with Crippen LogP contribution >= 0.6 is 0 Å². The quantitative estimate of drug-likeness (QED) is 0.214. The molecule has 0 radical (unpaired) electrons. The molecule has 1 aliphatic heterocycles. The third-order valence-corrected chi connectivity index (χ3v) is 16.2. The van der Waals surface area contributed by atoms with Crippen molar-refractivity contribution in [2.45, 2.75) is 103 Å². The summed E-state index contributed by atoms with van der Waals surface area (Å²) >= 11 is 0. The van der Waals surface area contributed by atoms with Crippen molar-refractivity contribution in [2.75, 3.05) is 7.11 Å². The van der Waals surface area contributed by atoms with Gasteiger partial charge in [-0.25, -0.2) is 0 Å². The summed E-state index contributed by atoms with van der Waals surface area (Å²) in [5.74, 6) is -0.681. The van der Waals surface area contributed by atoms with Crippen LogP contribution in [-0.2, 0) is 23.9 Å². The molecular formula is C35H48O7Si. The summed E-state index contributed by atoms with van der Waals surface area (Å²) in [7, 11) is -0.595. The maximum atomic E-state index is 13.6. The summed E-state index contributed by atoms with van der Waals surface area (Å²) in [6.45, 7) is 17.0. The minimum Gasteiger partial charge on any atom is -0.544 e. The van der Waals surface area contributed by atoms with Gasteiger partial charge in [-0.2, -0.15) is 0 Å². The Bertz CT molecular complexity index is 1370. The maximum absolute atomic E-state index is 13.6. The van der Waals surface area contributed by atoms with Crippen LogP contribution < -0.4 is 4.43 Å². The molecule has 0 bridgehead atoms. The number of hydrogen-bond donors (Lipinski definition) is 1. The lowest BCUT2D eigenvalue weighted by Crippen LogP contribution is -2.58. The highest BCUT2D eigenvalue weighted by Crippen LogP contribution is 2.64. The normalized spacial score (nSPS) is 35.6. The number of benzene rings is 1. The van der Waals surface area contributed by atoms with E-state index in [1.54, 1.807) is 6.08 Å². The minimum absolute atomic E-state index is 0.0600. The van der Waals surface area contributed by atoms with Crippen molar-refractivity contribution in [3.05, 3.63) is 53.1 Å². The van der Waals surface area contributed by atoms with Crippen molar-refractivity contribution in [1.82, 2.24) is 0 Å². The maximum Gasteiger partial charge on any atom is 0.316 e. The van der Waals surface area contributed by atoms with E-state index in [1.165, 1.54) is 13.2 Å². The predicted molar refractivity (Wildman–Crippen MR) is 167 cm³/mol. The Morgan fingerprint density at radius 1 is 1.12 bits per heavy atom. The second kappa shape index (κ2) is 10.7. The van der Waals surface area contributed by atoms with Gasteiger partial charge in [-0.15, -0.1) is 0 Å². The number of carbonyl (C=O) groups excluding carboxylic acids is 3. The fraction of sp³-hybridized carbons (Fsp3) is 0.629. The van der Waals surface area contributed by atoms with Crippen LogP contribution in [0, 0.1) is 28.6 Å². The zero-order chi connectivity index (χ0) is 31.7. The lowest BCUT2D eigenvalue weighted by atomic mass is 9.46. The summed E-state index contributed by atoms with van der Waals surface area (Å²) < 4.78 is 17.5. The first-order valence-corrected chi connectivity index (χ1v) is 18.5. The van der Waals surface area contributed by atoms with Crippen LogP contribution in [0.5, 0.6) is 5.75 Å². The highest BCUT2D eigenvalue weighted by atomic mass is 28.4. The van der Waals surface area contributed by atoms with Gasteiger partial charge in [-0.3, -0.25) is 14.4 Å². The van der Waals surface area contributed by atoms with E-state index in [0.717, 1.165) is 22.5 Å². The zero-order valence-electron chi connectivity index (χ0n) is 27.2. The molecule has 234 valence electrons. The molecule has 4 aliphatic rings. The van der Waals surface area contributed by atoms with E-state index in [0.29, 0.717) is 19.3 Å². The number of ketones is 1. The number of allylic oxidation sites excluding steroid dienone is 2. The van der Waals surface area contributed by atoms with Gasteiger partial charge in [0.15, 0.2) is 5.78 Å². The lowest BCUT2D eigenvalue weighted by molar-refractivity contribution is -0.156. The van der Waals surface area contributed by atoms with Gasteiger partial charge in [-0.1, -0.05) is 51.5 Å². The zero-order valence-corrected chi connectivity index (χ0v) is 28.2. The summed E-state index contributed by atoms with van der Waals surface area (Å²) in [6, 6.07) is 8.28. The van der Waals surface area contributed by atoms with Gasteiger partial charge < -0.3 is 19.0 Å². The Morgan fingerprint density at radius 3 is 2.37 bits per heavy atom. The summed E-state index contributed by atoms with van der Waals surface area (Å²) in [6.07, 6.45) is 3.88. The van der Waals surface area contributed by atoms with Crippen LogP contribution in [0.3, 0.4) is 0 Å². The van der Waals surface area contributed by atoms with E-state index in [-0.39, 0.29) is 52.9 Å². The smallest absolute Gasteiger partial charge is 0.316 e. The van der Waals surface area contributed by atoms with Gasteiger partial charge in [0.2, 0.25) is 8.32 Å². The van der Waals surface area contributed by atoms with Gasteiger partial charge in [-0.05, 0) is 92.4 Å². The fourth-order valence-corrected chi connectivity index (χ4v) is 9.27. The molecule has 0 aromatic heterocycles. The van der Waals surface area contributed by atoms with Crippen molar-refractivity contribution in [3.8, 4) is 5.75 Å². The molecule has 1 aromatic rings. The number of ether oxygens (including phenoxy) is 2. The molecule has 0 spiro atoms. The van der Waals surface area contributed by atoms with Crippen LogP contribution in [-0.4, -0.2) is 50.5 Å². The van der Waals surface area contributed by atoms with E-state index in [1.807, 2.05) is 26.0 Å². The van der Waals surface area contributed by atoms with Crippen LogP contribution in [0.1, 0.15) is 78.7 Å². The second-order valence-electron chi connectivity index (χ2n) is 15.2. The van der Waals surface area contributed by atoms with Crippen molar-refractivity contribution in [2.24, 2.45) is 28.6 Å². The number of carbonyl (C=O) groups is 3. The average molecular weight is 609 g/mol. The number of esters is 2. The van der Waals surface area contributed by atoms with E-state index in [4.69, 9.17) is 13.9 Å². The van der Waals surface area contributed by atoms with Crippen LogP contribution in [0.25, 0.3) is 0 Å². The summed E-state index contributed by atoms with van der Waals surface area (Å²) in [5, 5.41) is 11.5. The summed E-state index contributed by atoms with van der Waals surface area (Å²) in [5.41, 5.74) is 1.34. The summed E-state index contributed by atoms with van der Waals surface area (Å²) in [4.78, 5) is 39.4. The lowest BCUT2D eigenvalue weighted by Gasteiger charge is -2.54. The van der Waals surface area contributed by atoms with E-state index >= 15 is 0 Å². The highest BCUT2D eigenvalue weighted by Gasteiger charge is 2.69. The van der Waals surface area contributed by atoms with Gasteiger partial charge >= 0.3 is 11.9 Å². The molecule has 2 fully saturated rings. The third kappa shape index (κ3) is 5.12. The van der Waals surface area contributed by atoms with Crippen molar-refractivity contribution < 1.29 is 33.4 Å². The molecule has 7 nitrogen and oxygen atoms in total. The molecule has 3 aliphatic carbocycles. The molecule has 43 heavy (non-hydrogen) atoms. The topological polar surface area (TPSA) is 99.1 Å². The highest BCUT2D eigenvalue weighted by molar-refractivity contribution is 6.74. The Kier molecular flexibility index (Phi) is 7.91. The van der Waals surface area contributed by atoms with Crippen molar-refractivity contribution in [3.63, 3.8) is 0 Å². The third-order valence-electron chi connectivity index (χ3n) is 11.8. The van der Waals surface area contributed by atoms with Gasteiger partial charge in [0, 0.05) is 23.7 Å². The average Bonchev–Trinajstić information content (AvgIpc) is 3.35. The van der Waals surface area contributed by atoms with Gasteiger partial charge in [0.05, 0.1) is 18.6 Å². The molecule has 1 N–H and O–H groups in total. The Labute approximate surface area is 257 Å². The molecule has 1 unspecified atom stereocenters. The van der Waals surface area contributed by atoms with Gasteiger partial charge in [0.25, 0.3) is 0 Å². The van der Waals surface area contributed by atoms with Crippen LogP contribution in [0.4, 0.5) is 0 Å². The van der Waals surface area contributed by atoms with Crippen LogP contribution in [0.15, 0.2) is 47.6 Å². The van der Waals surface area contributed by atoms with Crippen molar-refractivity contribution >= 4 is 26.0 Å².